The molecule has 0 heterocycles. The van der Waals surface area contributed by atoms with Crippen LogP contribution < -0.4 is 4.74 Å². The van der Waals surface area contributed by atoms with Crippen molar-refractivity contribution in [3.8, 4) is 5.75 Å². The fourth-order valence-corrected chi connectivity index (χ4v) is 1.25. The average molecular weight is 296 g/mol. The second-order valence-corrected chi connectivity index (χ2v) is 3.76. The molecule has 0 aromatic heterocycles. The number of carboxylic acids is 1. The summed E-state index contributed by atoms with van der Waals surface area (Å²) in [6, 6.07) is 5.73. The van der Waals surface area contributed by atoms with Gasteiger partial charge >= 0.3 is 18.3 Å². The van der Waals surface area contributed by atoms with Crippen molar-refractivity contribution in [1.82, 2.24) is 0 Å². The molecule has 0 aliphatic rings. The van der Waals surface area contributed by atoms with Crippen molar-refractivity contribution in [1.29, 1.82) is 0 Å². The highest BCUT2D eigenvalue weighted by Crippen LogP contribution is 2.23. The molecule has 0 radical (unpaired) electrons. The van der Waals surface area contributed by atoms with E-state index in [0.29, 0.717) is 0 Å². The standard InChI is InChI=1S/C12H12F4O4/c13-11(14)12(15,16)7-19-5-6-20-9-4-2-1-3-8(9)10(17)18/h1-4,11H,5-7H2,(H,17,18). The fraction of sp³-hybridized carbons (Fsp3) is 0.417. The maximum atomic E-state index is 12.5. The van der Waals surface area contributed by atoms with Gasteiger partial charge in [0, 0.05) is 0 Å². The van der Waals surface area contributed by atoms with E-state index in [1.807, 2.05) is 0 Å². The van der Waals surface area contributed by atoms with Crippen molar-refractivity contribution in [2.75, 3.05) is 19.8 Å². The van der Waals surface area contributed by atoms with E-state index in [1.54, 1.807) is 0 Å². The largest absolute Gasteiger partial charge is 0.490 e. The molecule has 0 saturated heterocycles. The number of hydrogen-bond acceptors (Lipinski definition) is 3. The second-order valence-electron chi connectivity index (χ2n) is 3.76. The number of carboxylic acid groups (broad SMARTS) is 1. The molecular weight excluding hydrogens is 284 g/mol. The summed E-state index contributed by atoms with van der Waals surface area (Å²) in [6.07, 6.45) is -3.80. The SMILES string of the molecule is O=C(O)c1ccccc1OCCOCC(F)(F)C(F)F. The number of hydrogen-bond donors (Lipinski definition) is 1. The lowest BCUT2D eigenvalue weighted by atomic mass is 10.2. The average Bonchev–Trinajstić information content (AvgIpc) is 2.38. The van der Waals surface area contributed by atoms with Gasteiger partial charge in [0.2, 0.25) is 0 Å². The van der Waals surface area contributed by atoms with Crippen LogP contribution in [0.15, 0.2) is 24.3 Å². The molecular formula is C12H12F4O4. The summed E-state index contributed by atoms with van der Waals surface area (Å²) in [6.45, 7) is -2.02. The van der Waals surface area contributed by atoms with Gasteiger partial charge in [0.25, 0.3) is 0 Å². The third kappa shape index (κ3) is 4.69. The van der Waals surface area contributed by atoms with Gasteiger partial charge in [0.05, 0.1) is 6.61 Å². The topological polar surface area (TPSA) is 55.8 Å². The lowest BCUT2D eigenvalue weighted by Gasteiger charge is -2.15. The van der Waals surface area contributed by atoms with Crippen LogP contribution in [0.5, 0.6) is 5.75 Å². The van der Waals surface area contributed by atoms with Gasteiger partial charge in [0.15, 0.2) is 0 Å². The van der Waals surface area contributed by atoms with Crippen LogP contribution >= 0.6 is 0 Å². The Hall–Kier alpha value is -1.83. The highest BCUT2D eigenvalue weighted by atomic mass is 19.3. The van der Waals surface area contributed by atoms with Crippen LogP contribution in [0.1, 0.15) is 10.4 Å². The molecule has 8 heteroatoms. The first kappa shape index (κ1) is 16.2. The second kappa shape index (κ2) is 7.09. The quantitative estimate of drug-likeness (QED) is 0.592. The van der Waals surface area contributed by atoms with Crippen molar-refractivity contribution < 1.29 is 36.9 Å². The maximum absolute atomic E-state index is 12.5. The Bertz CT molecular complexity index is 451. The van der Waals surface area contributed by atoms with Crippen LogP contribution in [0.3, 0.4) is 0 Å². The molecule has 4 nitrogen and oxygen atoms in total. The minimum atomic E-state index is -4.21. The summed E-state index contributed by atoms with van der Waals surface area (Å²) in [7, 11) is 0. The Labute approximate surface area is 111 Å². The molecule has 0 bridgehead atoms. The summed E-state index contributed by atoms with van der Waals surface area (Å²) in [5, 5.41) is 8.84. The van der Waals surface area contributed by atoms with Crippen molar-refractivity contribution in [2.45, 2.75) is 12.3 Å². The number of ether oxygens (including phenoxy) is 2. The molecule has 1 N–H and O–H groups in total. The summed E-state index contributed by atoms with van der Waals surface area (Å²) >= 11 is 0. The Morgan fingerprint density at radius 2 is 1.90 bits per heavy atom. The van der Waals surface area contributed by atoms with E-state index in [9.17, 15) is 22.4 Å². The van der Waals surface area contributed by atoms with Crippen molar-refractivity contribution in [3.05, 3.63) is 29.8 Å². The molecule has 0 atom stereocenters. The first-order valence-electron chi connectivity index (χ1n) is 5.53. The normalized spacial score (nSPS) is 11.7. The first-order chi connectivity index (χ1) is 9.34. The van der Waals surface area contributed by atoms with E-state index >= 15 is 0 Å². The number of carbonyl (C=O) groups is 1. The zero-order chi connectivity index (χ0) is 15.2. The van der Waals surface area contributed by atoms with Crippen LogP contribution in [0.4, 0.5) is 17.6 Å². The molecule has 0 aliphatic carbocycles. The number of alkyl halides is 4. The molecule has 1 aromatic carbocycles. The summed E-state index contributed by atoms with van der Waals surface area (Å²) in [4.78, 5) is 10.8. The number of benzene rings is 1. The van der Waals surface area contributed by atoms with E-state index < -0.39 is 24.9 Å². The minimum Gasteiger partial charge on any atom is -0.490 e. The van der Waals surface area contributed by atoms with Gasteiger partial charge in [-0.05, 0) is 12.1 Å². The van der Waals surface area contributed by atoms with Crippen LogP contribution in [0, 0.1) is 0 Å². The molecule has 0 saturated carbocycles. The molecule has 0 spiro atoms. The number of rotatable bonds is 8. The highest BCUT2D eigenvalue weighted by Gasteiger charge is 2.40. The van der Waals surface area contributed by atoms with Crippen LogP contribution in [-0.2, 0) is 4.74 Å². The fourth-order valence-electron chi connectivity index (χ4n) is 1.25. The molecule has 0 aliphatic heterocycles. The van der Waals surface area contributed by atoms with E-state index in [0.717, 1.165) is 0 Å². The third-order valence-electron chi connectivity index (χ3n) is 2.22. The van der Waals surface area contributed by atoms with Crippen molar-refractivity contribution >= 4 is 5.97 Å². The smallest absolute Gasteiger partial charge is 0.339 e. The lowest BCUT2D eigenvalue weighted by molar-refractivity contribution is -0.166. The van der Waals surface area contributed by atoms with Gasteiger partial charge < -0.3 is 14.6 Å². The minimum absolute atomic E-state index is 0.0456. The van der Waals surface area contributed by atoms with Gasteiger partial charge in [-0.3, -0.25) is 0 Å². The Morgan fingerprint density at radius 3 is 2.50 bits per heavy atom. The Balaban J connectivity index is 2.37. The van der Waals surface area contributed by atoms with Gasteiger partial charge in [-0.2, -0.15) is 8.78 Å². The predicted octanol–water partition coefficient (Wildman–Crippen LogP) is 2.68. The maximum Gasteiger partial charge on any atom is 0.339 e. The molecule has 112 valence electrons. The zero-order valence-corrected chi connectivity index (χ0v) is 10.2. The molecule has 0 fully saturated rings. The first-order valence-corrected chi connectivity index (χ1v) is 5.53. The summed E-state index contributed by atoms with van der Waals surface area (Å²) in [5.74, 6) is -5.37. The Kier molecular flexibility index (Phi) is 5.75. The molecule has 1 aromatic rings. The van der Waals surface area contributed by atoms with Crippen LogP contribution in [0.25, 0.3) is 0 Å². The van der Waals surface area contributed by atoms with E-state index in [1.165, 1.54) is 24.3 Å². The number of halogens is 4. The summed E-state index contributed by atoms with van der Waals surface area (Å²) in [5.41, 5.74) is -0.0922. The van der Waals surface area contributed by atoms with E-state index in [-0.39, 0.29) is 24.5 Å². The Morgan fingerprint density at radius 1 is 1.25 bits per heavy atom. The van der Waals surface area contributed by atoms with Crippen molar-refractivity contribution in [2.24, 2.45) is 0 Å². The lowest BCUT2D eigenvalue weighted by Crippen LogP contribution is -2.33. The zero-order valence-electron chi connectivity index (χ0n) is 10.2. The van der Waals surface area contributed by atoms with Gasteiger partial charge in [0.1, 0.15) is 24.5 Å². The van der Waals surface area contributed by atoms with Gasteiger partial charge in [-0.15, -0.1) is 0 Å². The molecule has 20 heavy (non-hydrogen) atoms. The van der Waals surface area contributed by atoms with E-state index in [4.69, 9.17) is 9.84 Å². The number of para-hydroxylation sites is 1. The van der Waals surface area contributed by atoms with Gasteiger partial charge in [-0.1, -0.05) is 12.1 Å². The van der Waals surface area contributed by atoms with Crippen LogP contribution in [-0.4, -0.2) is 43.2 Å². The van der Waals surface area contributed by atoms with Crippen molar-refractivity contribution in [3.63, 3.8) is 0 Å². The highest BCUT2D eigenvalue weighted by molar-refractivity contribution is 5.90. The van der Waals surface area contributed by atoms with Crippen LogP contribution in [0.2, 0.25) is 0 Å². The summed E-state index contributed by atoms with van der Waals surface area (Å²) < 4.78 is 58.0. The number of aromatic carboxylic acids is 1. The third-order valence-corrected chi connectivity index (χ3v) is 2.22. The molecule has 1 rings (SSSR count). The van der Waals surface area contributed by atoms with E-state index in [2.05, 4.69) is 4.74 Å². The molecule has 0 unspecified atom stereocenters. The monoisotopic (exact) mass is 296 g/mol. The predicted molar refractivity (Wildman–Crippen MR) is 60.7 cm³/mol. The molecule has 0 amide bonds. The van der Waals surface area contributed by atoms with Gasteiger partial charge in [-0.25, -0.2) is 13.6 Å².